The molecule has 1 amide bonds. The van der Waals surface area contributed by atoms with Gasteiger partial charge >= 0.3 is 5.97 Å². The van der Waals surface area contributed by atoms with Crippen molar-refractivity contribution in [2.45, 2.75) is 39.7 Å². The lowest BCUT2D eigenvalue weighted by atomic mass is 10.1. The summed E-state index contributed by atoms with van der Waals surface area (Å²) in [6.07, 6.45) is 0.640. The van der Waals surface area contributed by atoms with E-state index in [-0.39, 0.29) is 25.0 Å². The number of esters is 1. The van der Waals surface area contributed by atoms with Crippen molar-refractivity contribution in [3.05, 3.63) is 77.1 Å². The van der Waals surface area contributed by atoms with Crippen molar-refractivity contribution >= 4 is 28.4 Å². The molecular weight excluding hydrogens is 416 g/mol. The van der Waals surface area contributed by atoms with E-state index in [1.807, 2.05) is 79.9 Å². The van der Waals surface area contributed by atoms with E-state index in [9.17, 15) is 9.59 Å². The van der Waals surface area contributed by atoms with Crippen LogP contribution in [0.1, 0.15) is 41.9 Å². The quantitative estimate of drug-likeness (QED) is 0.400. The Morgan fingerprint density at radius 3 is 2.52 bits per heavy atom. The van der Waals surface area contributed by atoms with Crippen molar-refractivity contribution in [3.63, 3.8) is 0 Å². The summed E-state index contributed by atoms with van der Waals surface area (Å²) in [6, 6.07) is 17.5. The molecule has 0 aliphatic rings. The fraction of sp³-hybridized carbons (Fsp3) is 0.308. The van der Waals surface area contributed by atoms with Gasteiger partial charge in [0.05, 0.1) is 11.6 Å². The van der Waals surface area contributed by atoms with Gasteiger partial charge in [-0.15, -0.1) is 0 Å². The van der Waals surface area contributed by atoms with Gasteiger partial charge in [0.25, 0.3) is 5.91 Å². The van der Waals surface area contributed by atoms with Crippen LogP contribution >= 0.6 is 0 Å². The second-order valence-electron chi connectivity index (χ2n) is 8.27. The number of amides is 1. The van der Waals surface area contributed by atoms with Gasteiger partial charge in [-0.25, -0.2) is 9.50 Å². The minimum Gasteiger partial charge on any atom is -0.456 e. The number of ether oxygens (including phenoxy) is 1. The zero-order chi connectivity index (χ0) is 23.5. The molecule has 7 nitrogen and oxygen atoms in total. The highest BCUT2D eigenvalue weighted by Crippen LogP contribution is 2.23. The van der Waals surface area contributed by atoms with E-state index in [0.29, 0.717) is 6.42 Å². The number of hydrogen-bond acceptors (Lipinski definition) is 5. The number of carbonyl (C=O) groups is 2. The van der Waals surface area contributed by atoms with Gasteiger partial charge < -0.3 is 9.64 Å². The Morgan fingerprint density at radius 2 is 1.76 bits per heavy atom. The first-order valence-electron chi connectivity index (χ1n) is 11.1. The van der Waals surface area contributed by atoms with Crippen LogP contribution in [0.15, 0.2) is 54.6 Å². The van der Waals surface area contributed by atoms with Crippen molar-refractivity contribution in [1.29, 1.82) is 0 Å². The lowest BCUT2D eigenvalue weighted by Gasteiger charge is -2.25. The van der Waals surface area contributed by atoms with Gasteiger partial charge in [0.1, 0.15) is 0 Å². The number of benzene rings is 2. The third-order valence-electron chi connectivity index (χ3n) is 6.21. The predicted molar refractivity (Wildman–Crippen MR) is 127 cm³/mol. The van der Waals surface area contributed by atoms with Gasteiger partial charge in [-0.2, -0.15) is 5.10 Å². The molecule has 1 atom stereocenters. The van der Waals surface area contributed by atoms with Crippen molar-refractivity contribution in [1.82, 2.24) is 19.5 Å². The molecule has 0 aliphatic carbocycles. The maximum absolute atomic E-state index is 12.5. The zero-order valence-electron chi connectivity index (χ0n) is 19.4. The van der Waals surface area contributed by atoms with Crippen LogP contribution in [-0.2, 0) is 20.7 Å². The van der Waals surface area contributed by atoms with Crippen LogP contribution in [0.25, 0.3) is 16.6 Å². The highest BCUT2D eigenvalue weighted by Gasteiger charge is 2.19. The third-order valence-corrected chi connectivity index (χ3v) is 6.21. The van der Waals surface area contributed by atoms with Gasteiger partial charge in [0.2, 0.25) is 0 Å². The zero-order valence-corrected chi connectivity index (χ0v) is 19.4. The molecule has 33 heavy (non-hydrogen) atoms. The van der Waals surface area contributed by atoms with Gasteiger partial charge in [0.15, 0.2) is 12.3 Å². The van der Waals surface area contributed by atoms with Gasteiger partial charge in [-0.1, -0.05) is 42.5 Å². The van der Waals surface area contributed by atoms with E-state index >= 15 is 0 Å². The first kappa shape index (κ1) is 22.5. The second-order valence-corrected chi connectivity index (χ2v) is 8.27. The molecule has 0 fully saturated rings. The number of fused-ring (bicyclic) bond motifs is 3. The van der Waals surface area contributed by atoms with Crippen LogP contribution in [0.4, 0.5) is 0 Å². The summed E-state index contributed by atoms with van der Waals surface area (Å²) in [5, 5.41) is 5.65. The number of likely N-dealkylation sites (N-methyl/N-ethyl adjacent to an activating group) is 1. The molecule has 0 saturated heterocycles. The Kier molecular flexibility index (Phi) is 6.40. The van der Waals surface area contributed by atoms with Crippen molar-refractivity contribution < 1.29 is 14.3 Å². The van der Waals surface area contributed by atoms with Gasteiger partial charge in [0, 0.05) is 30.2 Å². The molecule has 0 radical (unpaired) electrons. The van der Waals surface area contributed by atoms with E-state index in [2.05, 4.69) is 5.10 Å². The molecule has 2 aromatic heterocycles. The Balaban J connectivity index is 1.38. The molecule has 170 valence electrons. The van der Waals surface area contributed by atoms with Crippen LogP contribution in [0, 0.1) is 13.8 Å². The summed E-state index contributed by atoms with van der Waals surface area (Å²) in [6.45, 7) is 5.60. The van der Waals surface area contributed by atoms with Crippen molar-refractivity contribution in [2.24, 2.45) is 0 Å². The highest BCUT2D eigenvalue weighted by molar-refractivity contribution is 5.92. The first-order chi connectivity index (χ1) is 15.9. The summed E-state index contributed by atoms with van der Waals surface area (Å²) >= 11 is 0. The lowest BCUT2D eigenvalue weighted by Crippen LogP contribution is -2.33. The summed E-state index contributed by atoms with van der Waals surface area (Å²) in [7, 11) is 1.72. The highest BCUT2D eigenvalue weighted by atomic mass is 16.5. The van der Waals surface area contributed by atoms with E-state index < -0.39 is 5.97 Å². The van der Waals surface area contributed by atoms with Crippen LogP contribution < -0.4 is 0 Å². The Bertz CT molecular complexity index is 1310. The molecule has 7 heteroatoms. The van der Waals surface area contributed by atoms with E-state index in [0.717, 1.165) is 39.1 Å². The van der Waals surface area contributed by atoms with Gasteiger partial charge in [-0.3, -0.25) is 9.59 Å². The number of aromatic nitrogens is 3. The monoisotopic (exact) mass is 444 g/mol. The smallest absolute Gasteiger partial charge is 0.306 e. The van der Waals surface area contributed by atoms with Crippen LogP contribution in [-0.4, -0.2) is 45.0 Å². The Morgan fingerprint density at radius 1 is 1.06 bits per heavy atom. The molecule has 0 aliphatic heterocycles. The Hall–Kier alpha value is -3.74. The number of hydrogen-bond donors (Lipinski definition) is 0. The fourth-order valence-electron chi connectivity index (χ4n) is 4.05. The summed E-state index contributed by atoms with van der Waals surface area (Å²) < 4.78 is 7.11. The molecule has 0 bridgehead atoms. The molecule has 0 N–H and O–H groups in total. The van der Waals surface area contributed by atoms with Crippen LogP contribution in [0.3, 0.4) is 0 Å². The number of aryl methyl sites for hydroxylation is 2. The minimum atomic E-state index is -0.409. The molecule has 2 heterocycles. The van der Waals surface area contributed by atoms with E-state index in [4.69, 9.17) is 9.72 Å². The summed E-state index contributed by atoms with van der Waals surface area (Å²) in [5.74, 6) is -0.646. The molecule has 1 unspecified atom stereocenters. The first-order valence-corrected chi connectivity index (χ1v) is 11.1. The molecule has 0 spiro atoms. The van der Waals surface area contributed by atoms with Crippen molar-refractivity contribution in [3.8, 4) is 0 Å². The van der Waals surface area contributed by atoms with Gasteiger partial charge in [-0.05, 0) is 50.5 Å². The maximum Gasteiger partial charge on any atom is 0.306 e. The number of carbonyl (C=O) groups excluding carboxylic acids is 2. The SMILES string of the molecule is Cc1nc2c3ccccc3nn2c(C)c1CCC(=O)OCC(=O)N(C)C(C)c1ccccc1. The average Bonchev–Trinajstić information content (AvgIpc) is 3.20. The second kappa shape index (κ2) is 9.40. The van der Waals surface area contributed by atoms with E-state index in [1.54, 1.807) is 11.9 Å². The van der Waals surface area contributed by atoms with Crippen molar-refractivity contribution in [2.75, 3.05) is 13.7 Å². The van der Waals surface area contributed by atoms with Crippen LogP contribution in [0.2, 0.25) is 0 Å². The topological polar surface area (TPSA) is 76.8 Å². The minimum absolute atomic E-state index is 0.106. The lowest BCUT2D eigenvalue weighted by molar-refractivity contribution is -0.152. The summed E-state index contributed by atoms with van der Waals surface area (Å²) in [5.41, 5.74) is 5.51. The molecule has 2 aromatic carbocycles. The van der Waals surface area contributed by atoms with Crippen LogP contribution in [0.5, 0.6) is 0 Å². The standard InChI is InChI=1S/C26H28N4O3/c1-17-21(19(3)30-26(27-17)22-12-8-9-13-23(22)28-30)14-15-25(32)33-16-24(31)29(4)18(2)20-10-6-5-7-11-20/h5-13,18H,14-16H2,1-4H3. The number of rotatable bonds is 7. The van der Waals surface area contributed by atoms with E-state index in [1.165, 1.54) is 0 Å². The average molecular weight is 445 g/mol. The molecule has 4 aromatic rings. The normalized spacial score (nSPS) is 12.1. The Labute approximate surface area is 193 Å². The molecule has 0 saturated carbocycles. The molecular formula is C26H28N4O3. The maximum atomic E-state index is 12.5. The third kappa shape index (κ3) is 4.58. The summed E-state index contributed by atoms with van der Waals surface area (Å²) in [4.78, 5) is 31.2. The molecule has 4 rings (SSSR count). The fourth-order valence-corrected chi connectivity index (χ4v) is 4.05. The largest absolute Gasteiger partial charge is 0.456 e. The number of nitrogens with zero attached hydrogens (tertiary/aromatic N) is 4. The predicted octanol–water partition coefficient (Wildman–Crippen LogP) is 4.19.